The molecule has 2 aromatic heterocycles. The van der Waals surface area contributed by atoms with Crippen molar-refractivity contribution in [3.05, 3.63) is 43.8 Å². The van der Waals surface area contributed by atoms with E-state index in [1.54, 1.807) is 11.3 Å². The van der Waals surface area contributed by atoms with Crippen LogP contribution >= 0.6 is 27.3 Å². The number of hydrogen-bond donors (Lipinski definition) is 0. The second kappa shape index (κ2) is 4.85. The highest BCUT2D eigenvalue weighted by molar-refractivity contribution is 9.10. The molecular weight excluding hydrogens is 334 g/mol. The summed E-state index contributed by atoms with van der Waals surface area (Å²) in [6.45, 7) is 7.31. The van der Waals surface area contributed by atoms with Crippen molar-refractivity contribution in [1.82, 2.24) is 4.57 Å². The van der Waals surface area contributed by atoms with Crippen LogP contribution in [-0.4, -0.2) is 10.4 Å². The predicted octanol–water partition coefficient (Wildman–Crippen LogP) is 4.82. The molecule has 2 aromatic rings. The van der Waals surface area contributed by atoms with Crippen LogP contribution in [0.2, 0.25) is 0 Å². The van der Waals surface area contributed by atoms with Gasteiger partial charge in [0.2, 0.25) is 0 Å². The molecule has 0 aromatic carbocycles. The van der Waals surface area contributed by atoms with E-state index in [0.717, 1.165) is 23.0 Å². The second-order valence-electron chi connectivity index (χ2n) is 6.36. The van der Waals surface area contributed by atoms with Gasteiger partial charge in [0.1, 0.15) is 0 Å². The van der Waals surface area contributed by atoms with E-state index in [-0.39, 0.29) is 5.41 Å². The maximum atomic E-state index is 12.3. The van der Waals surface area contributed by atoms with Gasteiger partial charge in [-0.15, -0.1) is 11.3 Å². The molecule has 0 amide bonds. The highest BCUT2D eigenvalue weighted by Crippen LogP contribution is 2.37. The predicted molar refractivity (Wildman–Crippen MR) is 86.7 cm³/mol. The van der Waals surface area contributed by atoms with Crippen LogP contribution in [0.5, 0.6) is 0 Å². The number of carbonyl (C=O) groups is 1. The van der Waals surface area contributed by atoms with Crippen LogP contribution in [0.25, 0.3) is 0 Å². The zero-order valence-corrected chi connectivity index (χ0v) is 14.4. The fourth-order valence-corrected chi connectivity index (χ4v) is 4.47. The molecule has 1 aliphatic carbocycles. The minimum Gasteiger partial charge on any atom is -0.343 e. The molecule has 1 aliphatic rings. The van der Waals surface area contributed by atoms with Crippen molar-refractivity contribution < 1.29 is 4.79 Å². The molecule has 4 heteroatoms. The lowest BCUT2D eigenvalue weighted by Crippen LogP contribution is -2.28. The molecule has 0 saturated carbocycles. The third-order valence-electron chi connectivity index (χ3n) is 3.99. The molecule has 0 radical (unpaired) electrons. The van der Waals surface area contributed by atoms with Crippen LogP contribution in [0.4, 0.5) is 0 Å². The molecule has 2 heterocycles. The first kappa shape index (κ1) is 14.1. The van der Waals surface area contributed by atoms with Gasteiger partial charge in [0.15, 0.2) is 5.78 Å². The highest BCUT2D eigenvalue weighted by atomic mass is 79.9. The molecule has 106 valence electrons. The fourth-order valence-electron chi connectivity index (χ4n) is 3.01. The Morgan fingerprint density at radius 3 is 2.80 bits per heavy atom. The van der Waals surface area contributed by atoms with Gasteiger partial charge < -0.3 is 4.57 Å². The van der Waals surface area contributed by atoms with Gasteiger partial charge in [-0.3, -0.25) is 4.79 Å². The van der Waals surface area contributed by atoms with Gasteiger partial charge in [-0.05, 0) is 52.2 Å². The fraction of sp³-hybridized carbons (Fsp3) is 0.438. The van der Waals surface area contributed by atoms with Crippen molar-refractivity contribution in [3.63, 3.8) is 0 Å². The summed E-state index contributed by atoms with van der Waals surface area (Å²) in [4.78, 5) is 13.6. The lowest BCUT2D eigenvalue weighted by molar-refractivity contribution is 0.0910. The molecule has 0 N–H and O–H groups in total. The summed E-state index contributed by atoms with van der Waals surface area (Å²) < 4.78 is 3.47. The van der Waals surface area contributed by atoms with E-state index in [9.17, 15) is 4.79 Å². The van der Waals surface area contributed by atoms with Crippen LogP contribution < -0.4 is 0 Å². The average molecular weight is 352 g/mol. The lowest BCUT2D eigenvalue weighted by Gasteiger charge is -2.29. The number of nitrogens with zero attached hydrogens (tertiary/aromatic N) is 1. The zero-order valence-electron chi connectivity index (χ0n) is 12.0. The number of halogens is 1. The summed E-state index contributed by atoms with van der Waals surface area (Å²) in [5.41, 5.74) is 3.40. The maximum absolute atomic E-state index is 12.3. The first-order chi connectivity index (χ1) is 9.37. The van der Waals surface area contributed by atoms with Crippen molar-refractivity contribution >= 4 is 33.0 Å². The van der Waals surface area contributed by atoms with Crippen molar-refractivity contribution in [1.29, 1.82) is 0 Å². The van der Waals surface area contributed by atoms with Gasteiger partial charge in [0, 0.05) is 32.7 Å². The summed E-state index contributed by atoms with van der Waals surface area (Å²) in [5.74, 6) is 0.295. The third-order valence-corrected chi connectivity index (χ3v) is 5.91. The standard InChI is InChI=1S/C16H18BrNOS/c1-10-6-11-13(7-16(2,3)8-14(11)19)18(10)9-15-12(17)4-5-20-15/h4-6H,7-9H2,1-3H3. The molecule has 20 heavy (non-hydrogen) atoms. The van der Waals surface area contributed by atoms with Crippen LogP contribution in [0.15, 0.2) is 22.0 Å². The summed E-state index contributed by atoms with van der Waals surface area (Å²) in [6, 6.07) is 4.15. The van der Waals surface area contributed by atoms with Crippen molar-refractivity contribution in [2.24, 2.45) is 5.41 Å². The Bertz CT molecular complexity index is 681. The molecule has 0 fully saturated rings. The SMILES string of the molecule is Cc1cc2c(n1Cc1sccc1Br)CC(C)(C)CC2=O. The average Bonchev–Trinajstić information content (AvgIpc) is 2.86. The van der Waals surface area contributed by atoms with Gasteiger partial charge in [-0.2, -0.15) is 0 Å². The number of aryl methyl sites for hydroxylation is 1. The van der Waals surface area contributed by atoms with E-state index < -0.39 is 0 Å². The number of thiophene rings is 1. The monoisotopic (exact) mass is 351 g/mol. The van der Waals surface area contributed by atoms with E-state index in [1.165, 1.54) is 16.3 Å². The van der Waals surface area contributed by atoms with E-state index in [1.807, 2.05) is 0 Å². The van der Waals surface area contributed by atoms with E-state index >= 15 is 0 Å². The van der Waals surface area contributed by atoms with Crippen molar-refractivity contribution in [2.75, 3.05) is 0 Å². The Balaban J connectivity index is 2.05. The molecular formula is C16H18BrNOS. The first-order valence-corrected chi connectivity index (χ1v) is 8.49. The van der Waals surface area contributed by atoms with Gasteiger partial charge in [-0.25, -0.2) is 0 Å². The van der Waals surface area contributed by atoms with Gasteiger partial charge in [0.05, 0.1) is 6.54 Å². The van der Waals surface area contributed by atoms with Crippen LogP contribution in [-0.2, 0) is 13.0 Å². The molecule has 0 saturated heterocycles. The molecule has 0 spiro atoms. The van der Waals surface area contributed by atoms with Crippen LogP contribution in [0.1, 0.15) is 46.9 Å². The maximum Gasteiger partial charge on any atom is 0.165 e. The van der Waals surface area contributed by atoms with Crippen molar-refractivity contribution in [3.8, 4) is 0 Å². The molecule has 0 atom stereocenters. The van der Waals surface area contributed by atoms with E-state index in [2.05, 4.69) is 58.8 Å². The van der Waals surface area contributed by atoms with Gasteiger partial charge in [-0.1, -0.05) is 13.8 Å². The smallest absolute Gasteiger partial charge is 0.165 e. The number of ketones is 1. The van der Waals surface area contributed by atoms with Gasteiger partial charge in [0.25, 0.3) is 0 Å². The number of fused-ring (bicyclic) bond motifs is 1. The number of carbonyl (C=O) groups excluding carboxylic acids is 1. The van der Waals surface area contributed by atoms with Crippen LogP contribution in [0.3, 0.4) is 0 Å². The van der Waals surface area contributed by atoms with Crippen LogP contribution in [0, 0.1) is 12.3 Å². The molecule has 0 unspecified atom stereocenters. The Hall–Kier alpha value is -0.870. The summed E-state index contributed by atoms with van der Waals surface area (Å²) in [7, 11) is 0. The highest BCUT2D eigenvalue weighted by Gasteiger charge is 2.33. The number of hydrogen-bond acceptors (Lipinski definition) is 2. The number of rotatable bonds is 2. The molecule has 3 rings (SSSR count). The topological polar surface area (TPSA) is 22.0 Å². The van der Waals surface area contributed by atoms with Gasteiger partial charge >= 0.3 is 0 Å². The normalized spacial score (nSPS) is 17.3. The Kier molecular flexibility index (Phi) is 3.41. The Morgan fingerprint density at radius 1 is 1.40 bits per heavy atom. The summed E-state index contributed by atoms with van der Waals surface area (Å²) in [5, 5.41) is 2.10. The number of Topliss-reactive ketones (excluding diaryl/α,β-unsaturated/α-hetero) is 1. The quantitative estimate of drug-likeness (QED) is 0.759. The minimum absolute atomic E-state index is 0.0688. The number of aromatic nitrogens is 1. The van der Waals surface area contributed by atoms with Crippen molar-refractivity contribution in [2.45, 2.75) is 40.2 Å². The summed E-state index contributed by atoms with van der Waals surface area (Å²) in [6.07, 6.45) is 1.64. The largest absolute Gasteiger partial charge is 0.343 e. The Morgan fingerprint density at radius 2 is 2.15 bits per heavy atom. The van der Waals surface area contributed by atoms with E-state index in [0.29, 0.717) is 12.2 Å². The minimum atomic E-state index is 0.0688. The zero-order chi connectivity index (χ0) is 14.5. The first-order valence-electron chi connectivity index (χ1n) is 6.81. The summed E-state index contributed by atoms with van der Waals surface area (Å²) >= 11 is 5.35. The lowest BCUT2D eigenvalue weighted by atomic mass is 9.76. The molecule has 2 nitrogen and oxygen atoms in total. The Labute approximate surface area is 131 Å². The second-order valence-corrected chi connectivity index (χ2v) is 8.22. The third kappa shape index (κ3) is 2.40. The molecule has 0 bridgehead atoms. The molecule has 0 aliphatic heterocycles. The van der Waals surface area contributed by atoms with E-state index in [4.69, 9.17) is 0 Å².